The molecule has 5 heterocycles. The van der Waals surface area contributed by atoms with E-state index in [9.17, 15) is 9.50 Å². The predicted molar refractivity (Wildman–Crippen MR) is 161 cm³/mol. The molecule has 220 valence electrons. The summed E-state index contributed by atoms with van der Waals surface area (Å²) in [6, 6.07) is 8.61. The van der Waals surface area contributed by atoms with Gasteiger partial charge in [-0.15, -0.1) is 6.42 Å². The maximum absolute atomic E-state index is 16.7. The van der Waals surface area contributed by atoms with Crippen molar-refractivity contribution in [2.45, 2.75) is 50.2 Å². The number of fused-ring (bicyclic) bond motifs is 5. The standard InChI is InChI=1S/C34H33F2N5O2/c1-2-20-6-3-7-21-14-24(42)15-25(27(20)21)30-29(36)31-26(16-37-30)32(40-17-22-8-9-23(18-40)28(22)35)39-33(38-31)43-19-34-10-4-12-41(34)13-5-11-34/h1,3,6-7,14-16,22-23,28,42H,4-5,8-13,17-19H2. The molecule has 4 aliphatic rings. The monoisotopic (exact) mass is 581 g/mol. The van der Waals surface area contributed by atoms with Gasteiger partial charge in [0.25, 0.3) is 0 Å². The molecule has 2 aromatic carbocycles. The van der Waals surface area contributed by atoms with E-state index in [1.807, 2.05) is 6.07 Å². The highest BCUT2D eigenvalue weighted by Gasteiger charge is 2.46. The van der Waals surface area contributed by atoms with Crippen LogP contribution in [0.3, 0.4) is 0 Å². The molecule has 9 heteroatoms. The first-order valence-corrected chi connectivity index (χ1v) is 15.3. The zero-order chi connectivity index (χ0) is 29.3. The number of anilines is 1. The van der Waals surface area contributed by atoms with Crippen LogP contribution in [0.2, 0.25) is 0 Å². The summed E-state index contributed by atoms with van der Waals surface area (Å²) in [6.07, 6.45) is 12.6. The van der Waals surface area contributed by atoms with E-state index in [4.69, 9.17) is 16.1 Å². The molecule has 4 fully saturated rings. The normalized spacial score (nSPS) is 24.5. The Bertz CT molecular complexity index is 1780. The van der Waals surface area contributed by atoms with Crippen LogP contribution in [-0.4, -0.2) is 69.5 Å². The number of hydrogen-bond acceptors (Lipinski definition) is 7. The van der Waals surface area contributed by atoms with Crippen molar-refractivity contribution in [2.24, 2.45) is 11.8 Å². The number of nitrogens with zero attached hydrogens (tertiary/aromatic N) is 5. The second-order valence-corrected chi connectivity index (χ2v) is 12.7. The molecule has 2 bridgehead atoms. The molecule has 2 atom stereocenters. The van der Waals surface area contributed by atoms with E-state index in [0.717, 1.165) is 51.6 Å². The number of terminal acetylenes is 1. The third-order valence-electron chi connectivity index (χ3n) is 10.3. The second kappa shape index (κ2) is 10.0. The SMILES string of the molecule is C#Cc1cccc2cc(O)cc(-c3ncc4c(N5CC6CCC(C5)C6F)nc(OCC56CCCN5CCC6)nc4c3F)c12. The fourth-order valence-electron chi connectivity index (χ4n) is 8.22. The van der Waals surface area contributed by atoms with E-state index in [1.165, 1.54) is 6.07 Å². The van der Waals surface area contributed by atoms with Gasteiger partial charge in [-0.1, -0.05) is 18.1 Å². The van der Waals surface area contributed by atoms with Crippen molar-refractivity contribution in [3.63, 3.8) is 0 Å². The number of hydrogen-bond donors (Lipinski definition) is 1. The van der Waals surface area contributed by atoms with Crippen molar-refractivity contribution in [1.29, 1.82) is 0 Å². The smallest absolute Gasteiger partial charge is 0.319 e. The number of aromatic hydroxyl groups is 1. The molecule has 43 heavy (non-hydrogen) atoms. The Morgan fingerprint density at radius 1 is 1.09 bits per heavy atom. The third-order valence-corrected chi connectivity index (χ3v) is 10.3. The first-order valence-electron chi connectivity index (χ1n) is 15.3. The molecule has 1 N–H and O–H groups in total. The van der Waals surface area contributed by atoms with E-state index >= 15 is 4.39 Å². The maximum atomic E-state index is 16.7. The summed E-state index contributed by atoms with van der Waals surface area (Å²) in [5.41, 5.74) is 1.04. The molecule has 4 aromatic rings. The van der Waals surface area contributed by atoms with Gasteiger partial charge in [0, 0.05) is 47.6 Å². The molecule has 1 saturated carbocycles. The lowest BCUT2D eigenvalue weighted by atomic mass is 9.95. The van der Waals surface area contributed by atoms with Crippen LogP contribution in [0.5, 0.6) is 11.8 Å². The quantitative estimate of drug-likeness (QED) is 0.296. The van der Waals surface area contributed by atoms with Gasteiger partial charge in [0.05, 0.1) is 10.9 Å². The van der Waals surface area contributed by atoms with Crippen LogP contribution in [0.1, 0.15) is 44.1 Å². The van der Waals surface area contributed by atoms with Crippen molar-refractivity contribution in [2.75, 3.05) is 37.7 Å². The Morgan fingerprint density at radius 3 is 2.60 bits per heavy atom. The van der Waals surface area contributed by atoms with Crippen LogP contribution in [0.4, 0.5) is 14.6 Å². The Kier molecular flexibility index (Phi) is 6.19. The summed E-state index contributed by atoms with van der Waals surface area (Å²) in [5, 5.41) is 12.3. The van der Waals surface area contributed by atoms with Crippen LogP contribution >= 0.6 is 0 Å². The molecular weight excluding hydrogens is 548 g/mol. The second-order valence-electron chi connectivity index (χ2n) is 12.7. The minimum atomic E-state index is -0.819. The highest BCUT2D eigenvalue weighted by Crippen LogP contribution is 2.44. The van der Waals surface area contributed by atoms with Crippen LogP contribution in [-0.2, 0) is 0 Å². The van der Waals surface area contributed by atoms with E-state index in [0.29, 0.717) is 52.8 Å². The molecule has 7 nitrogen and oxygen atoms in total. The summed E-state index contributed by atoms with van der Waals surface area (Å²) in [4.78, 5) is 18.6. The molecule has 0 amide bonds. The third kappa shape index (κ3) is 4.21. The number of halogens is 2. The lowest BCUT2D eigenvalue weighted by molar-refractivity contribution is 0.107. The van der Waals surface area contributed by atoms with Gasteiger partial charge >= 0.3 is 6.01 Å². The summed E-state index contributed by atoms with van der Waals surface area (Å²) >= 11 is 0. The van der Waals surface area contributed by atoms with Gasteiger partial charge in [0.15, 0.2) is 5.82 Å². The van der Waals surface area contributed by atoms with Gasteiger partial charge in [-0.2, -0.15) is 9.97 Å². The zero-order valence-electron chi connectivity index (χ0n) is 23.9. The highest BCUT2D eigenvalue weighted by atomic mass is 19.1. The first kappa shape index (κ1) is 26.6. The van der Waals surface area contributed by atoms with Gasteiger partial charge in [0.1, 0.15) is 35.6 Å². The van der Waals surface area contributed by atoms with Crippen molar-refractivity contribution in [3.05, 3.63) is 47.9 Å². The molecule has 1 aliphatic carbocycles. The van der Waals surface area contributed by atoms with Gasteiger partial charge < -0.3 is 14.7 Å². The highest BCUT2D eigenvalue weighted by molar-refractivity contribution is 6.02. The number of ether oxygens (including phenoxy) is 1. The lowest BCUT2D eigenvalue weighted by Crippen LogP contribution is -2.44. The summed E-state index contributed by atoms with van der Waals surface area (Å²) in [6.45, 7) is 3.59. The zero-order valence-corrected chi connectivity index (χ0v) is 23.9. The summed E-state index contributed by atoms with van der Waals surface area (Å²) in [7, 11) is 0. The molecular formula is C34H33F2N5O2. The van der Waals surface area contributed by atoms with E-state index in [-0.39, 0.29) is 40.3 Å². The van der Waals surface area contributed by atoms with Crippen LogP contribution in [0.15, 0.2) is 36.5 Å². The minimum Gasteiger partial charge on any atom is -0.508 e. The Morgan fingerprint density at radius 2 is 1.86 bits per heavy atom. The number of piperidine rings is 1. The summed E-state index contributed by atoms with van der Waals surface area (Å²) in [5.74, 6) is 2.39. The van der Waals surface area contributed by atoms with Crippen molar-refractivity contribution < 1.29 is 18.6 Å². The van der Waals surface area contributed by atoms with Gasteiger partial charge in [-0.05, 0) is 75.2 Å². The number of phenols is 1. The van der Waals surface area contributed by atoms with E-state index < -0.39 is 12.0 Å². The predicted octanol–water partition coefficient (Wildman–Crippen LogP) is 5.86. The number of alkyl halides is 1. The van der Waals surface area contributed by atoms with Gasteiger partial charge in [0.2, 0.25) is 0 Å². The number of benzene rings is 2. The number of aromatic nitrogens is 3. The Labute approximate surface area is 248 Å². The average Bonchev–Trinajstić information content (AvgIpc) is 3.64. The van der Waals surface area contributed by atoms with Crippen molar-refractivity contribution in [3.8, 4) is 35.4 Å². The van der Waals surface area contributed by atoms with Gasteiger partial charge in [-0.25, -0.2) is 8.78 Å². The van der Waals surface area contributed by atoms with Crippen LogP contribution < -0.4 is 9.64 Å². The van der Waals surface area contributed by atoms with Crippen LogP contribution in [0, 0.1) is 30.0 Å². The molecule has 3 aliphatic heterocycles. The largest absolute Gasteiger partial charge is 0.508 e. The lowest BCUT2D eigenvalue weighted by Gasteiger charge is -2.35. The van der Waals surface area contributed by atoms with E-state index in [2.05, 4.69) is 25.7 Å². The molecule has 8 rings (SSSR count). The fraction of sp³-hybridized carbons (Fsp3) is 0.441. The topological polar surface area (TPSA) is 74.6 Å². The van der Waals surface area contributed by atoms with Crippen LogP contribution in [0.25, 0.3) is 32.9 Å². The minimum absolute atomic E-state index is 0.0214. The number of phenolic OH excluding ortho intramolecular Hbond substituents is 1. The van der Waals surface area contributed by atoms with Crippen molar-refractivity contribution in [1.82, 2.24) is 19.9 Å². The van der Waals surface area contributed by atoms with Crippen molar-refractivity contribution >= 4 is 27.5 Å². The molecule has 0 radical (unpaired) electrons. The molecule has 2 unspecified atom stereocenters. The Balaban J connectivity index is 1.27. The average molecular weight is 582 g/mol. The molecule has 3 saturated heterocycles. The maximum Gasteiger partial charge on any atom is 0.319 e. The molecule has 0 spiro atoms. The fourth-order valence-corrected chi connectivity index (χ4v) is 8.22. The Hall–Kier alpha value is -4.03. The van der Waals surface area contributed by atoms with Gasteiger partial charge in [-0.3, -0.25) is 9.88 Å². The summed E-state index contributed by atoms with van der Waals surface area (Å²) < 4.78 is 37.9. The first-order chi connectivity index (χ1) is 20.9. The number of pyridine rings is 1. The number of rotatable bonds is 5. The molecule has 2 aromatic heterocycles. The van der Waals surface area contributed by atoms with E-state index in [1.54, 1.807) is 24.4 Å².